The number of sulfone groups is 1. The highest BCUT2D eigenvalue weighted by Gasteiger charge is 2.36. The molecule has 0 bridgehead atoms. The number of phenolic OH excluding ortho intramolecular Hbond substituents is 1. The number of phenols is 1. The third kappa shape index (κ3) is 3.12. The minimum absolute atomic E-state index is 0.00318. The largest absolute Gasteiger partial charge is 0.508 e. The highest BCUT2D eigenvalue weighted by Crippen LogP contribution is 2.47. The average molecular weight is 298 g/mol. The zero-order chi connectivity index (χ0) is 15.1. The molecule has 0 spiro atoms. The van der Waals surface area contributed by atoms with Gasteiger partial charge in [-0.1, -0.05) is 0 Å². The molecule has 1 aromatic carbocycles. The van der Waals surface area contributed by atoms with Gasteiger partial charge in [0.1, 0.15) is 5.75 Å². The summed E-state index contributed by atoms with van der Waals surface area (Å²) in [5.41, 5.74) is 0.902. The molecule has 0 aromatic heterocycles. The number of hydrogen-bond donors (Lipinski definition) is 2. The molecule has 0 heterocycles. The maximum Gasteiger partial charge on any atom is 0.303 e. The lowest BCUT2D eigenvalue weighted by Crippen LogP contribution is -2.13. The van der Waals surface area contributed by atoms with E-state index in [-0.39, 0.29) is 28.9 Å². The molecule has 0 aliphatic heterocycles. The van der Waals surface area contributed by atoms with Gasteiger partial charge in [0.05, 0.1) is 11.3 Å². The highest BCUT2D eigenvalue weighted by molar-refractivity contribution is 7.90. The summed E-state index contributed by atoms with van der Waals surface area (Å²) in [7, 11) is -3.46. The maximum atomic E-state index is 11.9. The number of carboxylic acids is 1. The lowest BCUT2D eigenvalue weighted by atomic mass is 9.90. The van der Waals surface area contributed by atoms with Crippen molar-refractivity contribution in [1.29, 1.82) is 0 Å². The zero-order valence-corrected chi connectivity index (χ0v) is 12.3. The van der Waals surface area contributed by atoms with Gasteiger partial charge in [-0.25, -0.2) is 8.42 Å². The second-order valence-electron chi connectivity index (χ2n) is 5.49. The molecule has 1 fully saturated rings. The van der Waals surface area contributed by atoms with Crippen molar-refractivity contribution in [2.24, 2.45) is 5.92 Å². The predicted octanol–water partition coefficient (Wildman–Crippen LogP) is 2.07. The van der Waals surface area contributed by atoms with Gasteiger partial charge in [-0.3, -0.25) is 4.79 Å². The van der Waals surface area contributed by atoms with E-state index in [0.29, 0.717) is 11.1 Å². The fourth-order valence-electron chi connectivity index (χ4n) is 2.51. The minimum Gasteiger partial charge on any atom is -0.508 e. The molecule has 0 amide bonds. The monoisotopic (exact) mass is 298 g/mol. The van der Waals surface area contributed by atoms with Crippen molar-refractivity contribution < 1.29 is 23.4 Å². The van der Waals surface area contributed by atoms with E-state index in [1.165, 1.54) is 12.1 Å². The van der Waals surface area contributed by atoms with E-state index in [1.807, 2.05) is 0 Å². The Labute approximate surface area is 118 Å². The number of aromatic hydroxyl groups is 1. The lowest BCUT2D eigenvalue weighted by Gasteiger charge is -2.19. The SMILES string of the molecule is Cc1cc(S(C)(=O)=O)c(C(CC(=O)O)C2CC2)cc1O. The molecule has 0 saturated heterocycles. The Bertz CT molecular complexity index is 644. The molecule has 1 unspecified atom stereocenters. The molecule has 110 valence electrons. The fraction of sp³-hybridized carbons (Fsp3) is 0.500. The first-order valence-electron chi connectivity index (χ1n) is 6.45. The minimum atomic E-state index is -3.46. The van der Waals surface area contributed by atoms with E-state index >= 15 is 0 Å². The number of aryl methyl sites for hydroxylation is 1. The Morgan fingerprint density at radius 3 is 2.45 bits per heavy atom. The summed E-state index contributed by atoms with van der Waals surface area (Å²) in [6.45, 7) is 1.62. The number of benzene rings is 1. The van der Waals surface area contributed by atoms with Gasteiger partial charge in [0, 0.05) is 6.26 Å². The number of carbonyl (C=O) groups is 1. The van der Waals surface area contributed by atoms with Crippen molar-refractivity contribution in [3.63, 3.8) is 0 Å². The Morgan fingerprint density at radius 2 is 2.00 bits per heavy atom. The van der Waals surface area contributed by atoms with Crippen molar-refractivity contribution in [1.82, 2.24) is 0 Å². The first-order chi connectivity index (χ1) is 9.20. The van der Waals surface area contributed by atoms with Gasteiger partial charge >= 0.3 is 5.97 Å². The molecule has 1 aliphatic carbocycles. The standard InChI is InChI=1S/C14H18O5S/c1-8-5-13(20(2,18)19)11(6-12(8)15)10(7-14(16)17)9-3-4-9/h5-6,9-10,15H,3-4,7H2,1-2H3,(H,16,17). The molecule has 20 heavy (non-hydrogen) atoms. The van der Waals surface area contributed by atoms with Crippen LogP contribution in [0.4, 0.5) is 0 Å². The molecule has 2 N–H and O–H groups in total. The van der Waals surface area contributed by atoms with Crippen molar-refractivity contribution in [3.8, 4) is 5.75 Å². The van der Waals surface area contributed by atoms with Crippen molar-refractivity contribution in [2.45, 2.75) is 37.0 Å². The summed E-state index contributed by atoms with van der Waals surface area (Å²) in [4.78, 5) is 11.1. The van der Waals surface area contributed by atoms with Gasteiger partial charge in [0.2, 0.25) is 0 Å². The summed E-state index contributed by atoms with van der Waals surface area (Å²) in [5.74, 6) is -1.12. The fourth-order valence-corrected chi connectivity index (χ4v) is 3.54. The Balaban J connectivity index is 2.58. The second kappa shape index (κ2) is 5.09. The predicted molar refractivity (Wildman–Crippen MR) is 73.7 cm³/mol. The van der Waals surface area contributed by atoms with Gasteiger partial charge in [0.15, 0.2) is 9.84 Å². The molecular weight excluding hydrogens is 280 g/mol. The molecule has 5 nitrogen and oxygen atoms in total. The van der Waals surface area contributed by atoms with Crippen molar-refractivity contribution >= 4 is 15.8 Å². The lowest BCUT2D eigenvalue weighted by molar-refractivity contribution is -0.137. The Kier molecular flexibility index (Phi) is 3.77. The number of hydrogen-bond acceptors (Lipinski definition) is 4. The smallest absolute Gasteiger partial charge is 0.303 e. The quantitative estimate of drug-likeness (QED) is 0.868. The molecular formula is C14H18O5S. The van der Waals surface area contributed by atoms with E-state index in [9.17, 15) is 18.3 Å². The van der Waals surface area contributed by atoms with E-state index < -0.39 is 15.8 Å². The third-order valence-electron chi connectivity index (χ3n) is 3.71. The van der Waals surface area contributed by atoms with Crippen LogP contribution in [0.2, 0.25) is 0 Å². The number of rotatable bonds is 5. The summed E-state index contributed by atoms with van der Waals surface area (Å²) >= 11 is 0. The third-order valence-corrected chi connectivity index (χ3v) is 4.87. The van der Waals surface area contributed by atoms with Crippen LogP contribution in [0.3, 0.4) is 0 Å². The normalized spacial score (nSPS) is 16.9. The van der Waals surface area contributed by atoms with Crippen LogP contribution in [-0.4, -0.2) is 30.9 Å². The summed E-state index contributed by atoms with van der Waals surface area (Å²) in [5, 5.41) is 18.9. The van der Waals surface area contributed by atoms with Gasteiger partial charge in [0.25, 0.3) is 0 Å². The molecule has 1 aliphatic rings. The zero-order valence-electron chi connectivity index (χ0n) is 11.5. The van der Waals surface area contributed by atoms with Crippen LogP contribution in [0.15, 0.2) is 17.0 Å². The van der Waals surface area contributed by atoms with Crippen molar-refractivity contribution in [2.75, 3.05) is 6.26 Å². The van der Waals surface area contributed by atoms with Gasteiger partial charge < -0.3 is 10.2 Å². The summed E-state index contributed by atoms with van der Waals surface area (Å²) in [6.07, 6.45) is 2.79. The first-order valence-corrected chi connectivity index (χ1v) is 8.34. The first kappa shape index (κ1) is 14.8. The van der Waals surface area contributed by atoms with Gasteiger partial charge in [-0.15, -0.1) is 0 Å². The second-order valence-corrected chi connectivity index (χ2v) is 7.47. The van der Waals surface area contributed by atoms with Crippen molar-refractivity contribution in [3.05, 3.63) is 23.3 Å². The number of aliphatic carboxylic acids is 1. The molecule has 1 atom stereocenters. The molecule has 0 radical (unpaired) electrons. The average Bonchev–Trinajstić information content (AvgIpc) is 3.11. The van der Waals surface area contributed by atoms with Gasteiger partial charge in [-0.2, -0.15) is 0 Å². The maximum absolute atomic E-state index is 11.9. The van der Waals surface area contributed by atoms with Crippen LogP contribution < -0.4 is 0 Å². The molecule has 6 heteroatoms. The molecule has 2 rings (SSSR count). The van der Waals surface area contributed by atoms with Crippen LogP contribution >= 0.6 is 0 Å². The molecule has 1 saturated carbocycles. The van der Waals surface area contributed by atoms with E-state index in [1.54, 1.807) is 6.92 Å². The molecule has 1 aromatic rings. The summed E-state index contributed by atoms with van der Waals surface area (Å²) < 4.78 is 23.8. The van der Waals surface area contributed by atoms with E-state index in [0.717, 1.165) is 19.1 Å². The van der Waals surface area contributed by atoms with Gasteiger partial charge in [-0.05, 0) is 54.9 Å². The Hall–Kier alpha value is -1.56. The van der Waals surface area contributed by atoms with Crippen LogP contribution in [0, 0.1) is 12.8 Å². The van der Waals surface area contributed by atoms with Crippen LogP contribution in [0.25, 0.3) is 0 Å². The van der Waals surface area contributed by atoms with E-state index in [4.69, 9.17) is 5.11 Å². The topological polar surface area (TPSA) is 91.7 Å². The van der Waals surface area contributed by atoms with Crippen LogP contribution in [0.1, 0.15) is 36.3 Å². The van der Waals surface area contributed by atoms with Crippen LogP contribution in [0.5, 0.6) is 5.75 Å². The summed E-state index contributed by atoms with van der Waals surface area (Å²) in [6, 6.07) is 2.84. The van der Waals surface area contributed by atoms with E-state index in [2.05, 4.69) is 0 Å². The Morgan fingerprint density at radius 1 is 1.40 bits per heavy atom. The van der Waals surface area contributed by atoms with Crippen LogP contribution in [-0.2, 0) is 14.6 Å². The highest BCUT2D eigenvalue weighted by atomic mass is 32.2. The number of carboxylic acid groups (broad SMARTS) is 1.